The lowest BCUT2D eigenvalue weighted by atomic mass is 9.21. The third kappa shape index (κ3) is 1.07. The van der Waals surface area contributed by atoms with Crippen molar-refractivity contribution in [1.29, 1.82) is 0 Å². The first-order chi connectivity index (χ1) is 13.9. The van der Waals surface area contributed by atoms with E-state index in [1.54, 1.807) is 25.7 Å². The minimum Gasteiger partial charge on any atom is -0.0619 e. The molecule has 17 atom stereocenters. The van der Waals surface area contributed by atoms with Crippen molar-refractivity contribution in [3.05, 3.63) is 0 Å². The van der Waals surface area contributed by atoms with E-state index in [2.05, 4.69) is 62.3 Å². The van der Waals surface area contributed by atoms with Gasteiger partial charge in [0.25, 0.3) is 0 Å². The molecule has 10 aliphatic rings. The van der Waals surface area contributed by atoms with Gasteiger partial charge in [0.1, 0.15) is 0 Å². The summed E-state index contributed by atoms with van der Waals surface area (Å²) < 4.78 is 0. The van der Waals surface area contributed by atoms with E-state index in [0.717, 1.165) is 65.1 Å². The molecule has 0 aromatic carbocycles. The summed E-state index contributed by atoms with van der Waals surface area (Å²) in [5, 5.41) is 0. The van der Waals surface area contributed by atoms with Gasteiger partial charge in [-0.15, -0.1) is 0 Å². The van der Waals surface area contributed by atoms with Gasteiger partial charge in [-0.2, -0.15) is 0 Å². The highest BCUT2D eigenvalue weighted by Crippen LogP contribution is 3.02. The fourth-order valence-electron chi connectivity index (χ4n) is 17.1. The smallest absolute Gasteiger partial charge is 0.0122 e. The van der Waals surface area contributed by atoms with Gasteiger partial charge < -0.3 is 0 Å². The Hall–Kier alpha value is 0. The van der Waals surface area contributed by atoms with E-state index < -0.39 is 0 Å². The highest BCUT2D eigenvalue weighted by molar-refractivity contribution is 5.44. The molecular weight excluding hydrogens is 360 g/mol. The maximum absolute atomic E-state index is 2.94. The van der Waals surface area contributed by atoms with E-state index in [1.807, 2.05) is 0 Å². The molecule has 166 valence electrons. The molecule has 0 aliphatic heterocycles. The molecule has 0 radical (unpaired) electrons. The van der Waals surface area contributed by atoms with Crippen molar-refractivity contribution < 1.29 is 0 Å². The molecule has 0 heterocycles. The zero-order chi connectivity index (χ0) is 21.2. The lowest BCUT2D eigenvalue weighted by molar-refractivity contribution is -0.359. The second-order valence-electron chi connectivity index (χ2n) is 15.7. The van der Waals surface area contributed by atoms with Crippen LogP contribution in [0, 0.1) is 97.6 Å². The number of hydrogen-bond donors (Lipinski definition) is 0. The van der Waals surface area contributed by atoms with Crippen LogP contribution in [0.15, 0.2) is 0 Å². The van der Waals surface area contributed by atoms with Gasteiger partial charge in [0.15, 0.2) is 0 Å². The predicted molar refractivity (Wildman–Crippen MR) is 123 cm³/mol. The lowest BCUT2D eigenvalue weighted by Gasteiger charge is -2.83. The van der Waals surface area contributed by atoms with Crippen molar-refractivity contribution in [2.24, 2.45) is 97.6 Å². The normalized spacial score (nSPS) is 82.1. The van der Waals surface area contributed by atoms with Gasteiger partial charge in [-0.05, 0) is 123 Å². The van der Waals surface area contributed by atoms with Crippen LogP contribution in [0.3, 0.4) is 0 Å². The molecule has 2 spiro atoms. The van der Waals surface area contributed by atoms with Crippen LogP contribution in [0.4, 0.5) is 0 Å². The Bertz CT molecular complexity index is 904. The minimum atomic E-state index is 0.573. The fraction of sp³-hybridized carbons (Fsp3) is 1.00. The maximum atomic E-state index is 2.94. The minimum absolute atomic E-state index is 0.573. The Labute approximate surface area is 185 Å². The molecule has 0 aromatic rings. The van der Waals surface area contributed by atoms with Gasteiger partial charge in [-0.3, -0.25) is 0 Å². The molecule has 10 fully saturated rings. The van der Waals surface area contributed by atoms with E-state index in [0.29, 0.717) is 32.5 Å². The van der Waals surface area contributed by atoms with Crippen molar-refractivity contribution in [1.82, 2.24) is 0 Å². The molecule has 10 saturated carbocycles. The van der Waals surface area contributed by atoms with Crippen LogP contribution in [0.2, 0.25) is 0 Å². The van der Waals surface area contributed by atoms with E-state index >= 15 is 0 Å². The summed E-state index contributed by atoms with van der Waals surface area (Å²) in [4.78, 5) is 0. The molecule has 0 nitrogen and oxygen atoms in total. The second kappa shape index (κ2) is 4.27. The molecule has 9 bridgehead atoms. The van der Waals surface area contributed by atoms with Gasteiger partial charge in [0.05, 0.1) is 0 Å². The first kappa shape index (κ1) is 18.4. The summed E-state index contributed by atoms with van der Waals surface area (Å²) >= 11 is 0. The fourth-order valence-corrected chi connectivity index (χ4v) is 17.1. The Kier molecular flexibility index (Phi) is 2.62. The molecule has 0 amide bonds. The van der Waals surface area contributed by atoms with Gasteiger partial charge in [0, 0.05) is 0 Å². The molecule has 30 heavy (non-hydrogen) atoms. The molecule has 0 N–H and O–H groups in total. The Morgan fingerprint density at radius 1 is 0.667 bits per heavy atom. The third-order valence-electron chi connectivity index (χ3n) is 17.4. The molecule has 17 unspecified atom stereocenters. The average Bonchev–Trinajstić information content (AvgIpc) is 2.96. The van der Waals surface area contributed by atoms with Crippen molar-refractivity contribution in [3.8, 4) is 0 Å². The van der Waals surface area contributed by atoms with E-state index in [9.17, 15) is 0 Å². The van der Waals surface area contributed by atoms with Crippen LogP contribution in [0.25, 0.3) is 0 Å². The summed E-state index contributed by atoms with van der Waals surface area (Å²) in [7, 11) is 0. The van der Waals surface area contributed by atoms with Crippen LogP contribution in [-0.4, -0.2) is 0 Å². The van der Waals surface area contributed by atoms with Crippen LogP contribution < -0.4 is 0 Å². The summed E-state index contributed by atoms with van der Waals surface area (Å²) in [6.07, 6.45) is 6.37. The van der Waals surface area contributed by atoms with E-state index in [-0.39, 0.29) is 0 Å². The molecule has 10 aliphatic carbocycles. The summed E-state index contributed by atoms with van der Waals surface area (Å²) in [5.41, 5.74) is 3.58. The Morgan fingerprint density at radius 3 is 2.03 bits per heavy atom. The summed E-state index contributed by atoms with van der Waals surface area (Å²) in [6, 6.07) is 0. The molecular formula is C30H46. The standard InChI is InChI=1S/C30H46/c1-14-16(3)30-17(4)15(2)23-20-13-26(30,7)29-12-19(24(20)29)11-25(6,28(23,29)9)18(5)22-10-21(14)27(22,30)8/h14-24H,10-13H2,1-9H3. The van der Waals surface area contributed by atoms with E-state index in [4.69, 9.17) is 0 Å². The second-order valence-corrected chi connectivity index (χ2v) is 15.7. The van der Waals surface area contributed by atoms with Gasteiger partial charge in [0.2, 0.25) is 0 Å². The number of hydrogen-bond acceptors (Lipinski definition) is 0. The van der Waals surface area contributed by atoms with Crippen molar-refractivity contribution in [2.45, 2.75) is 88.0 Å². The van der Waals surface area contributed by atoms with Crippen LogP contribution in [0.1, 0.15) is 88.0 Å². The molecule has 0 heteroatoms. The highest BCUT2D eigenvalue weighted by Gasteiger charge is 2.97. The van der Waals surface area contributed by atoms with Gasteiger partial charge in [-0.25, -0.2) is 0 Å². The van der Waals surface area contributed by atoms with Gasteiger partial charge in [-0.1, -0.05) is 62.3 Å². The van der Waals surface area contributed by atoms with E-state index in [1.165, 1.54) is 0 Å². The van der Waals surface area contributed by atoms with Crippen molar-refractivity contribution >= 4 is 0 Å². The molecule has 0 saturated heterocycles. The van der Waals surface area contributed by atoms with Crippen molar-refractivity contribution in [3.63, 3.8) is 0 Å². The van der Waals surface area contributed by atoms with Gasteiger partial charge >= 0.3 is 0 Å². The third-order valence-corrected chi connectivity index (χ3v) is 17.4. The zero-order valence-corrected chi connectivity index (χ0v) is 21.2. The Balaban J connectivity index is 1.58. The SMILES string of the molecule is CC1C2CC3C(C)C4(C)CC5CC67C5C5CC6(C)C(C1C)(C(C)C(C)C5C47C)C23C. The number of rotatable bonds is 0. The average molecular weight is 407 g/mol. The predicted octanol–water partition coefficient (Wildman–Crippen LogP) is 7.53. The first-order valence-electron chi connectivity index (χ1n) is 13.9. The quantitative estimate of drug-likeness (QED) is 0.390. The Morgan fingerprint density at radius 2 is 1.33 bits per heavy atom. The summed E-state index contributed by atoms with van der Waals surface area (Å²) in [5.74, 6) is 10.8. The highest BCUT2D eigenvalue weighted by atomic mass is 15.0. The number of fused-ring (bicyclic) bond motifs is 1. The topological polar surface area (TPSA) is 0 Å². The summed E-state index contributed by atoms with van der Waals surface area (Å²) in [6.45, 7) is 25.4. The van der Waals surface area contributed by atoms with Crippen molar-refractivity contribution in [2.75, 3.05) is 0 Å². The van der Waals surface area contributed by atoms with Crippen LogP contribution in [-0.2, 0) is 0 Å². The van der Waals surface area contributed by atoms with Crippen LogP contribution in [0.5, 0.6) is 0 Å². The maximum Gasteiger partial charge on any atom is -0.0122 e. The largest absolute Gasteiger partial charge is 0.0619 e. The first-order valence-corrected chi connectivity index (χ1v) is 13.9. The van der Waals surface area contributed by atoms with Crippen LogP contribution >= 0.6 is 0 Å². The molecule has 10 rings (SSSR count). The zero-order valence-electron chi connectivity index (χ0n) is 21.2. The molecule has 0 aromatic heterocycles. The monoisotopic (exact) mass is 406 g/mol. The lowest BCUT2D eigenvalue weighted by Crippen LogP contribution is -2.78.